The Morgan fingerprint density at radius 3 is 2.87 bits per heavy atom. The molecule has 0 saturated heterocycles. The first-order chi connectivity index (χ1) is 6.59. The van der Waals surface area contributed by atoms with E-state index in [2.05, 4.69) is 15.0 Å². The van der Waals surface area contributed by atoms with Crippen molar-refractivity contribution in [2.75, 3.05) is 5.73 Å². The van der Waals surface area contributed by atoms with Crippen LogP contribution in [0.1, 0.15) is 11.7 Å². The van der Waals surface area contributed by atoms with Gasteiger partial charge < -0.3 is 22.7 Å². The van der Waals surface area contributed by atoms with Crippen LogP contribution in [-0.2, 0) is 0 Å². The van der Waals surface area contributed by atoms with Gasteiger partial charge in [-0.25, -0.2) is 0 Å². The first-order valence-corrected chi connectivity index (χ1v) is 3.89. The third kappa shape index (κ3) is 1.75. The van der Waals surface area contributed by atoms with Gasteiger partial charge in [0.05, 0.1) is 0 Å². The summed E-state index contributed by atoms with van der Waals surface area (Å²) < 4.78 is 1.22. The number of aromatic amines is 2. The normalized spacial score (nSPS) is 9.93. The molecule has 0 saturated carbocycles. The molecule has 0 spiro atoms. The van der Waals surface area contributed by atoms with E-state index in [0.717, 1.165) is 0 Å². The SMILES string of the molecule is CC(=O)[n+]1c[nH]c2c(=O)[nH]c(N)nc21.[Br-]. The Kier molecular flexibility index (Phi) is 2.89. The predicted octanol–water partition coefficient (Wildman–Crippen LogP) is -4.21. The van der Waals surface area contributed by atoms with E-state index in [1.54, 1.807) is 0 Å². The van der Waals surface area contributed by atoms with Crippen LogP contribution >= 0.6 is 0 Å². The maximum atomic E-state index is 11.3. The van der Waals surface area contributed by atoms with Crippen LogP contribution in [0.5, 0.6) is 0 Å². The molecule has 0 aliphatic carbocycles. The fourth-order valence-corrected chi connectivity index (χ4v) is 1.21. The highest BCUT2D eigenvalue weighted by Crippen LogP contribution is 1.98. The second kappa shape index (κ2) is 3.81. The van der Waals surface area contributed by atoms with Gasteiger partial charge in [0.2, 0.25) is 5.52 Å². The minimum Gasteiger partial charge on any atom is -1.00 e. The van der Waals surface area contributed by atoms with E-state index in [4.69, 9.17) is 5.73 Å². The number of nitrogens with zero attached hydrogens (tertiary/aromatic N) is 2. The first kappa shape index (κ1) is 11.4. The lowest BCUT2D eigenvalue weighted by Gasteiger charge is -1.88. The zero-order valence-electron chi connectivity index (χ0n) is 7.74. The number of H-pyrrole nitrogens is 2. The molecule has 0 unspecified atom stereocenters. The molecule has 0 bridgehead atoms. The van der Waals surface area contributed by atoms with E-state index in [0.29, 0.717) is 0 Å². The molecule has 0 aliphatic heterocycles. The number of imidazole rings is 1. The number of fused-ring (bicyclic) bond motifs is 1. The van der Waals surface area contributed by atoms with Crippen molar-refractivity contribution in [3.8, 4) is 0 Å². The standard InChI is InChI=1S/C7H7N5O2.BrH/c1-3(13)12-2-9-4-5(12)10-7(8)11-6(4)14;/h2H,1H3,(H3,8,10,11,14);1H. The Morgan fingerprint density at radius 2 is 2.27 bits per heavy atom. The Balaban J connectivity index is 0.00000112. The van der Waals surface area contributed by atoms with Gasteiger partial charge in [-0.1, -0.05) is 4.98 Å². The van der Waals surface area contributed by atoms with E-state index in [1.807, 2.05) is 0 Å². The van der Waals surface area contributed by atoms with Crippen molar-refractivity contribution in [3.63, 3.8) is 0 Å². The molecule has 0 amide bonds. The zero-order valence-corrected chi connectivity index (χ0v) is 9.33. The Morgan fingerprint density at radius 1 is 1.60 bits per heavy atom. The first-order valence-electron chi connectivity index (χ1n) is 3.89. The average Bonchev–Trinajstić information content (AvgIpc) is 2.47. The summed E-state index contributed by atoms with van der Waals surface area (Å²) in [7, 11) is 0. The van der Waals surface area contributed by atoms with Crippen molar-refractivity contribution >= 4 is 23.0 Å². The van der Waals surface area contributed by atoms with E-state index < -0.39 is 5.56 Å². The number of nitrogens with one attached hydrogen (secondary N) is 2. The topological polar surface area (TPSA) is 109 Å². The molecule has 2 aromatic heterocycles. The number of rotatable bonds is 0. The molecule has 4 N–H and O–H groups in total. The van der Waals surface area contributed by atoms with Crippen molar-refractivity contribution in [1.29, 1.82) is 0 Å². The maximum Gasteiger partial charge on any atom is 0.318 e. The molecule has 2 aromatic rings. The lowest BCUT2D eigenvalue weighted by Crippen LogP contribution is -3.00. The van der Waals surface area contributed by atoms with Gasteiger partial charge in [0.1, 0.15) is 0 Å². The highest BCUT2D eigenvalue weighted by molar-refractivity contribution is 5.73. The van der Waals surface area contributed by atoms with Gasteiger partial charge in [-0.2, -0.15) is 4.57 Å². The number of carbonyl (C=O) groups is 1. The number of halogens is 1. The molecule has 2 rings (SSSR count). The number of anilines is 1. The summed E-state index contributed by atoms with van der Waals surface area (Å²) >= 11 is 0. The molecule has 2 heterocycles. The summed E-state index contributed by atoms with van der Waals surface area (Å²) in [6, 6.07) is 0. The van der Waals surface area contributed by atoms with Crippen LogP contribution in [0.3, 0.4) is 0 Å². The molecule has 8 heteroatoms. The Labute approximate surface area is 94.1 Å². The zero-order chi connectivity index (χ0) is 10.3. The van der Waals surface area contributed by atoms with Crippen LogP contribution in [0.15, 0.2) is 11.1 Å². The lowest BCUT2D eigenvalue weighted by molar-refractivity contribution is -0.546. The summed E-state index contributed by atoms with van der Waals surface area (Å²) in [4.78, 5) is 31.2. The molecule has 15 heavy (non-hydrogen) atoms. The van der Waals surface area contributed by atoms with E-state index in [-0.39, 0.29) is 40.0 Å². The molecule has 0 radical (unpaired) electrons. The number of nitrogen functional groups attached to an aromatic ring is 1. The summed E-state index contributed by atoms with van der Waals surface area (Å²) in [5.41, 5.74) is 5.42. The molecule has 0 atom stereocenters. The second-order valence-corrected chi connectivity index (χ2v) is 2.81. The summed E-state index contributed by atoms with van der Waals surface area (Å²) in [5, 5.41) is 0. The minimum absolute atomic E-state index is 0. The fourth-order valence-electron chi connectivity index (χ4n) is 1.21. The van der Waals surface area contributed by atoms with Gasteiger partial charge in [-0.3, -0.25) is 19.6 Å². The number of nitrogens with two attached hydrogens (primary N) is 1. The summed E-state index contributed by atoms with van der Waals surface area (Å²) in [6.45, 7) is 1.37. The van der Waals surface area contributed by atoms with Gasteiger partial charge in [0, 0.05) is 6.92 Å². The smallest absolute Gasteiger partial charge is 0.318 e. The van der Waals surface area contributed by atoms with Crippen molar-refractivity contribution in [1.82, 2.24) is 15.0 Å². The largest absolute Gasteiger partial charge is 1.00 e. The summed E-state index contributed by atoms with van der Waals surface area (Å²) in [5.74, 6) is -0.258. The number of aromatic nitrogens is 4. The number of carbonyl (C=O) groups excluding carboxylic acids is 1. The van der Waals surface area contributed by atoms with Gasteiger partial charge in [0.15, 0.2) is 6.33 Å². The van der Waals surface area contributed by atoms with Crippen LogP contribution < -0.4 is 32.8 Å². The molecular weight excluding hydrogens is 266 g/mol. The third-order valence-corrected chi connectivity index (χ3v) is 1.82. The highest BCUT2D eigenvalue weighted by Gasteiger charge is 2.18. The predicted molar refractivity (Wildman–Crippen MR) is 47.6 cm³/mol. The van der Waals surface area contributed by atoms with Crippen LogP contribution in [-0.4, -0.2) is 20.9 Å². The van der Waals surface area contributed by atoms with Crippen molar-refractivity contribution in [2.24, 2.45) is 0 Å². The molecule has 7 nitrogen and oxygen atoms in total. The van der Waals surface area contributed by atoms with Crippen LogP contribution in [0.25, 0.3) is 11.2 Å². The summed E-state index contributed by atoms with van der Waals surface area (Å²) in [6.07, 6.45) is 1.37. The molecular formula is C7H8BrN5O2. The van der Waals surface area contributed by atoms with Crippen LogP contribution in [0.2, 0.25) is 0 Å². The molecule has 0 fully saturated rings. The van der Waals surface area contributed by atoms with Crippen molar-refractivity contribution in [3.05, 3.63) is 16.7 Å². The maximum absolute atomic E-state index is 11.3. The monoisotopic (exact) mass is 273 g/mol. The van der Waals surface area contributed by atoms with E-state index in [9.17, 15) is 9.59 Å². The van der Waals surface area contributed by atoms with E-state index in [1.165, 1.54) is 17.8 Å². The third-order valence-electron chi connectivity index (χ3n) is 1.82. The Bertz CT molecular complexity index is 572. The van der Waals surface area contributed by atoms with Crippen LogP contribution in [0, 0.1) is 0 Å². The minimum atomic E-state index is -0.396. The fraction of sp³-hybridized carbons (Fsp3) is 0.143. The van der Waals surface area contributed by atoms with Gasteiger partial charge in [0.25, 0.3) is 17.4 Å². The second-order valence-electron chi connectivity index (χ2n) is 2.81. The number of hydrogen-bond donors (Lipinski definition) is 3. The quantitative estimate of drug-likeness (QED) is 0.423. The lowest BCUT2D eigenvalue weighted by atomic mass is 10.5. The van der Waals surface area contributed by atoms with Crippen molar-refractivity contribution in [2.45, 2.75) is 6.92 Å². The van der Waals surface area contributed by atoms with Gasteiger partial charge in [-0.05, 0) is 0 Å². The highest BCUT2D eigenvalue weighted by atomic mass is 79.9. The van der Waals surface area contributed by atoms with Crippen molar-refractivity contribution < 1.29 is 26.3 Å². The Hall–Kier alpha value is -1.70. The van der Waals surface area contributed by atoms with E-state index >= 15 is 0 Å². The molecule has 0 aliphatic rings. The average molecular weight is 274 g/mol. The molecule has 80 valence electrons. The van der Waals surface area contributed by atoms with Gasteiger partial charge >= 0.3 is 5.65 Å². The number of hydrogen-bond acceptors (Lipinski definition) is 4. The van der Waals surface area contributed by atoms with Crippen LogP contribution in [0.4, 0.5) is 5.95 Å². The molecule has 0 aromatic carbocycles. The van der Waals surface area contributed by atoms with Gasteiger partial charge in [-0.15, -0.1) is 0 Å².